The second-order valence-corrected chi connectivity index (χ2v) is 17.9. The third-order valence-corrected chi connectivity index (χ3v) is 11.4. The highest BCUT2D eigenvalue weighted by atomic mass is 32.2. The van der Waals surface area contributed by atoms with Gasteiger partial charge in [0.25, 0.3) is 10.1 Å². The minimum atomic E-state index is -4.61. The molecule has 1 saturated heterocycles. The number of ether oxygens (including phenoxy) is 4. The summed E-state index contributed by atoms with van der Waals surface area (Å²) in [4.78, 5) is 25.4. The molecule has 0 saturated carbocycles. The largest absolute Gasteiger partial charge is 0.462 e. The summed E-state index contributed by atoms with van der Waals surface area (Å²) in [7, 11) is -4.61. The zero-order valence-corrected chi connectivity index (χ0v) is 39.0. The van der Waals surface area contributed by atoms with E-state index in [0.29, 0.717) is 12.8 Å². The standard InChI is InChI=1S/C49H84O12S/c1-3-5-7-9-11-13-15-17-19-20-21-22-24-25-27-29-31-33-35-37-44(50)58-39-42(40-59-49-48(54)47(53)46(52)43(61-49)41-62(55,56)57)60-45(51)38-36-34-32-30-28-26-23-18-16-14-12-10-8-6-4-2/h11,13,17,19,21-22,25,27,31,33,42-43,46-49,52-54H,3-10,12,14-16,18,20,23-24,26,28-30,32,34-41H2,1-2H3,(H,55,56,57)/b13-11+,19-17+,22-21+,27-25+,33-31+/t42-,43-,46-,47?,48?,49+/m1/s1. The van der Waals surface area contributed by atoms with Crippen LogP contribution in [-0.2, 0) is 38.7 Å². The van der Waals surface area contributed by atoms with Gasteiger partial charge in [-0.15, -0.1) is 0 Å². The summed E-state index contributed by atoms with van der Waals surface area (Å²) in [5, 5.41) is 30.9. The molecule has 0 aromatic carbocycles. The van der Waals surface area contributed by atoms with Gasteiger partial charge in [0.1, 0.15) is 36.8 Å². The van der Waals surface area contributed by atoms with Crippen molar-refractivity contribution in [3.63, 3.8) is 0 Å². The molecule has 0 spiro atoms. The maximum atomic E-state index is 12.8. The van der Waals surface area contributed by atoms with Gasteiger partial charge in [-0.3, -0.25) is 14.1 Å². The molecule has 1 rings (SSSR count). The summed E-state index contributed by atoms with van der Waals surface area (Å²) in [5.74, 6) is -2.09. The van der Waals surface area contributed by atoms with Crippen LogP contribution in [0.15, 0.2) is 60.8 Å². The number of allylic oxidation sites excluding steroid dienone is 10. The van der Waals surface area contributed by atoms with E-state index in [1.54, 1.807) is 0 Å². The van der Waals surface area contributed by atoms with E-state index < -0.39 is 71.2 Å². The first-order chi connectivity index (χ1) is 30.0. The van der Waals surface area contributed by atoms with Crippen molar-refractivity contribution in [1.82, 2.24) is 0 Å². The van der Waals surface area contributed by atoms with Crippen molar-refractivity contribution in [2.24, 2.45) is 0 Å². The third kappa shape index (κ3) is 32.9. The van der Waals surface area contributed by atoms with Gasteiger partial charge in [-0.25, -0.2) is 0 Å². The first kappa shape index (κ1) is 57.4. The fraction of sp³-hybridized carbons (Fsp3) is 0.755. The lowest BCUT2D eigenvalue weighted by Crippen LogP contribution is -2.60. The van der Waals surface area contributed by atoms with E-state index in [2.05, 4.69) is 62.5 Å². The first-order valence-electron chi connectivity index (χ1n) is 23.8. The Morgan fingerprint density at radius 2 is 1.00 bits per heavy atom. The van der Waals surface area contributed by atoms with E-state index in [4.69, 9.17) is 18.9 Å². The molecule has 358 valence electrons. The molecule has 1 heterocycles. The number of rotatable bonds is 39. The monoisotopic (exact) mass is 897 g/mol. The summed E-state index contributed by atoms with van der Waals surface area (Å²) >= 11 is 0. The first-order valence-corrected chi connectivity index (χ1v) is 25.5. The van der Waals surface area contributed by atoms with Crippen LogP contribution < -0.4 is 0 Å². The number of aliphatic hydroxyl groups is 3. The average molecular weight is 897 g/mol. The lowest BCUT2D eigenvalue weighted by molar-refractivity contribution is -0.297. The van der Waals surface area contributed by atoms with Gasteiger partial charge in [0, 0.05) is 12.8 Å². The third-order valence-electron chi connectivity index (χ3n) is 10.6. The summed E-state index contributed by atoms with van der Waals surface area (Å²) in [6.07, 6.45) is 38.4. The summed E-state index contributed by atoms with van der Waals surface area (Å²) in [6.45, 7) is 3.67. The summed E-state index contributed by atoms with van der Waals surface area (Å²) in [5.41, 5.74) is 0. The Morgan fingerprint density at radius 3 is 1.50 bits per heavy atom. The van der Waals surface area contributed by atoms with E-state index in [1.165, 1.54) is 89.9 Å². The SMILES string of the molecule is CCCCC/C=C/C/C=C/C/C=C/C/C=C/C/C=C/CCC(=O)OC[C@H](CO[C@H]1O[C@H](CS(=O)(=O)O)[C@@H](O)C(O)C1O)OC(=O)CCCCCCCCCCCCCCCCC. The summed E-state index contributed by atoms with van der Waals surface area (Å²) < 4.78 is 54.0. The van der Waals surface area contributed by atoms with Gasteiger partial charge in [-0.05, 0) is 51.4 Å². The zero-order chi connectivity index (χ0) is 45.5. The number of hydrogen-bond acceptors (Lipinski definition) is 11. The van der Waals surface area contributed by atoms with Gasteiger partial charge < -0.3 is 34.3 Å². The predicted octanol–water partition coefficient (Wildman–Crippen LogP) is 10.1. The highest BCUT2D eigenvalue weighted by Crippen LogP contribution is 2.24. The minimum absolute atomic E-state index is 0.0949. The molecule has 1 aliphatic rings. The van der Waals surface area contributed by atoms with Gasteiger partial charge >= 0.3 is 11.9 Å². The van der Waals surface area contributed by atoms with E-state index >= 15 is 0 Å². The number of unbranched alkanes of at least 4 members (excludes halogenated alkanes) is 17. The van der Waals surface area contributed by atoms with Gasteiger partial charge in [0.15, 0.2) is 12.4 Å². The molecule has 13 heteroatoms. The lowest BCUT2D eigenvalue weighted by Gasteiger charge is -2.40. The second-order valence-electron chi connectivity index (χ2n) is 16.4. The molecule has 6 atom stereocenters. The van der Waals surface area contributed by atoms with Crippen molar-refractivity contribution < 1.29 is 56.8 Å². The topological polar surface area (TPSA) is 186 Å². The molecular weight excluding hydrogens is 813 g/mol. The Kier molecular flexibility index (Phi) is 35.9. The number of carbonyl (C=O) groups is 2. The molecule has 0 amide bonds. The van der Waals surface area contributed by atoms with Crippen LogP contribution >= 0.6 is 0 Å². The number of carbonyl (C=O) groups excluding carboxylic acids is 2. The van der Waals surface area contributed by atoms with E-state index in [0.717, 1.165) is 51.4 Å². The van der Waals surface area contributed by atoms with Crippen LogP contribution in [0.4, 0.5) is 0 Å². The van der Waals surface area contributed by atoms with Crippen molar-refractivity contribution >= 4 is 22.1 Å². The molecule has 12 nitrogen and oxygen atoms in total. The maximum absolute atomic E-state index is 12.8. The molecule has 1 aliphatic heterocycles. The molecule has 0 aromatic heterocycles. The van der Waals surface area contributed by atoms with Crippen molar-refractivity contribution in [3.8, 4) is 0 Å². The average Bonchev–Trinajstić information content (AvgIpc) is 3.24. The van der Waals surface area contributed by atoms with Crippen molar-refractivity contribution in [2.45, 2.75) is 218 Å². The van der Waals surface area contributed by atoms with Crippen molar-refractivity contribution in [3.05, 3.63) is 60.8 Å². The Bertz CT molecular complexity index is 1370. The maximum Gasteiger partial charge on any atom is 0.306 e. The van der Waals surface area contributed by atoms with E-state index in [1.807, 2.05) is 12.2 Å². The molecule has 0 aromatic rings. The van der Waals surface area contributed by atoms with Crippen molar-refractivity contribution in [2.75, 3.05) is 19.0 Å². The number of hydrogen-bond donors (Lipinski definition) is 4. The van der Waals surface area contributed by atoms with Crippen LogP contribution in [-0.4, -0.2) is 96.0 Å². The zero-order valence-electron chi connectivity index (χ0n) is 38.2. The fourth-order valence-corrected chi connectivity index (χ4v) is 7.59. The van der Waals surface area contributed by atoms with Crippen LogP contribution in [0, 0.1) is 0 Å². The highest BCUT2D eigenvalue weighted by molar-refractivity contribution is 7.85. The molecular formula is C49H84O12S. The molecule has 2 unspecified atom stereocenters. The number of esters is 2. The van der Waals surface area contributed by atoms with Crippen LogP contribution in [0.25, 0.3) is 0 Å². The smallest absolute Gasteiger partial charge is 0.306 e. The van der Waals surface area contributed by atoms with Crippen LogP contribution in [0.5, 0.6) is 0 Å². The van der Waals surface area contributed by atoms with Crippen LogP contribution in [0.2, 0.25) is 0 Å². The van der Waals surface area contributed by atoms with Crippen molar-refractivity contribution in [1.29, 1.82) is 0 Å². The Balaban J connectivity index is 2.48. The molecule has 0 bridgehead atoms. The van der Waals surface area contributed by atoms with Gasteiger partial charge in [0.05, 0.1) is 6.61 Å². The van der Waals surface area contributed by atoms with E-state index in [9.17, 15) is 37.9 Å². The number of aliphatic hydroxyl groups excluding tert-OH is 3. The van der Waals surface area contributed by atoms with Gasteiger partial charge in [-0.1, -0.05) is 177 Å². The van der Waals surface area contributed by atoms with Gasteiger partial charge in [-0.2, -0.15) is 8.42 Å². The molecule has 0 aliphatic carbocycles. The lowest BCUT2D eigenvalue weighted by atomic mass is 10.00. The Labute approximate surface area is 375 Å². The Morgan fingerprint density at radius 1 is 0.548 bits per heavy atom. The quantitative estimate of drug-likeness (QED) is 0.0198. The normalized spacial score (nSPS) is 20.4. The minimum Gasteiger partial charge on any atom is -0.462 e. The van der Waals surface area contributed by atoms with E-state index in [-0.39, 0.29) is 19.4 Å². The van der Waals surface area contributed by atoms with Crippen LogP contribution in [0.3, 0.4) is 0 Å². The molecule has 62 heavy (non-hydrogen) atoms. The molecule has 4 N–H and O–H groups in total. The van der Waals surface area contributed by atoms with Gasteiger partial charge in [0.2, 0.25) is 0 Å². The Hall–Kier alpha value is -2.65. The predicted molar refractivity (Wildman–Crippen MR) is 247 cm³/mol. The fourth-order valence-electron chi connectivity index (χ4n) is 6.89. The molecule has 1 fully saturated rings. The highest BCUT2D eigenvalue weighted by Gasteiger charge is 2.46. The second kappa shape index (κ2) is 38.8. The molecule has 0 radical (unpaired) electrons. The van der Waals surface area contributed by atoms with Crippen LogP contribution in [0.1, 0.15) is 181 Å². The summed E-state index contributed by atoms with van der Waals surface area (Å²) in [6, 6.07) is 0.